The molecule has 1 rings (SSSR count). The molecule has 0 spiro atoms. The summed E-state index contributed by atoms with van der Waals surface area (Å²) in [7, 11) is 1.34. The Kier molecular flexibility index (Phi) is 6.40. The number of aliphatic carboxylic acids is 1. The molecule has 0 aliphatic heterocycles. The van der Waals surface area contributed by atoms with E-state index in [0.717, 1.165) is 9.47 Å². The first-order valence-corrected chi connectivity index (χ1v) is 8.14. The number of hydrogen-bond acceptors (Lipinski definition) is 6. The van der Waals surface area contributed by atoms with Crippen LogP contribution in [0.5, 0.6) is 0 Å². The van der Waals surface area contributed by atoms with Gasteiger partial charge in [-0.2, -0.15) is 0 Å². The lowest BCUT2D eigenvalue weighted by atomic mass is 10.1. The van der Waals surface area contributed by atoms with E-state index in [4.69, 9.17) is 9.47 Å². The summed E-state index contributed by atoms with van der Waals surface area (Å²) in [5, 5.41) is 9.45. The second kappa shape index (κ2) is 7.76. The van der Waals surface area contributed by atoms with Gasteiger partial charge in [0.25, 0.3) is 0 Å². The quantitative estimate of drug-likeness (QED) is 0.868. The highest BCUT2D eigenvalue weighted by molar-refractivity contribution is 5.80. The molecule has 1 aromatic rings. The van der Waals surface area contributed by atoms with Crippen LogP contribution in [0.4, 0.5) is 9.59 Å². The lowest BCUT2D eigenvalue weighted by Gasteiger charge is -2.28. The number of nitrogens with zero attached hydrogens (tertiary/aromatic N) is 3. The fourth-order valence-corrected chi connectivity index (χ4v) is 1.93. The van der Waals surface area contributed by atoms with Gasteiger partial charge in [-0.1, -0.05) is 0 Å². The van der Waals surface area contributed by atoms with Crippen LogP contribution in [0.1, 0.15) is 47.2 Å². The van der Waals surface area contributed by atoms with Crippen molar-refractivity contribution in [3.63, 3.8) is 0 Å². The van der Waals surface area contributed by atoms with E-state index in [-0.39, 0.29) is 6.42 Å². The van der Waals surface area contributed by atoms with Crippen LogP contribution < -0.4 is 0 Å². The Morgan fingerprint density at radius 3 is 2.15 bits per heavy atom. The third-order valence-electron chi connectivity index (χ3n) is 3.08. The Hall–Kier alpha value is -2.58. The summed E-state index contributed by atoms with van der Waals surface area (Å²) in [6.07, 6.45) is 1.17. The van der Waals surface area contributed by atoms with E-state index in [1.165, 1.54) is 19.6 Å². The lowest BCUT2D eigenvalue weighted by Crippen LogP contribution is -2.46. The van der Waals surface area contributed by atoms with Crippen LogP contribution in [0.25, 0.3) is 0 Å². The number of likely N-dealkylation sites (N-methyl/N-ethyl adjacent to an activating group) is 1. The standard InChI is InChI=1S/C17H27N3O6/c1-16(2,3)25-14(23)19(7)12(13(21)22)8-11-9-20(10-18-11)15(24)26-17(4,5)6/h9-10,12H,8H2,1-7H3,(H,21,22). The maximum atomic E-state index is 12.1. The molecule has 1 amide bonds. The van der Waals surface area contributed by atoms with Gasteiger partial charge in [0.05, 0.1) is 5.69 Å². The topological polar surface area (TPSA) is 111 Å². The fraction of sp³-hybridized carbons (Fsp3) is 0.647. The molecule has 1 aromatic heterocycles. The molecule has 0 aromatic carbocycles. The summed E-state index contributed by atoms with van der Waals surface area (Å²) in [4.78, 5) is 40.7. The number of rotatable bonds is 4. The fourth-order valence-electron chi connectivity index (χ4n) is 1.93. The minimum atomic E-state index is -1.20. The van der Waals surface area contributed by atoms with Gasteiger partial charge in [0.2, 0.25) is 0 Å². The van der Waals surface area contributed by atoms with Crippen molar-refractivity contribution in [2.75, 3.05) is 7.05 Å². The molecule has 1 atom stereocenters. The zero-order chi connectivity index (χ0) is 20.3. The molecule has 0 bridgehead atoms. The average molecular weight is 369 g/mol. The predicted molar refractivity (Wildman–Crippen MR) is 93.0 cm³/mol. The molecule has 1 N–H and O–H groups in total. The van der Waals surface area contributed by atoms with Crippen molar-refractivity contribution >= 4 is 18.2 Å². The maximum Gasteiger partial charge on any atom is 0.419 e. The third-order valence-corrected chi connectivity index (χ3v) is 3.08. The van der Waals surface area contributed by atoms with Crippen LogP contribution in [0.2, 0.25) is 0 Å². The van der Waals surface area contributed by atoms with Gasteiger partial charge >= 0.3 is 18.2 Å². The highest BCUT2D eigenvalue weighted by Gasteiger charge is 2.31. The van der Waals surface area contributed by atoms with E-state index in [1.807, 2.05) is 0 Å². The van der Waals surface area contributed by atoms with Crippen molar-refractivity contribution in [2.45, 2.75) is 65.2 Å². The van der Waals surface area contributed by atoms with Crippen LogP contribution >= 0.6 is 0 Å². The molecule has 0 aliphatic carbocycles. The molecule has 9 heteroatoms. The van der Waals surface area contributed by atoms with Gasteiger partial charge in [0.1, 0.15) is 23.6 Å². The summed E-state index contributed by atoms with van der Waals surface area (Å²) >= 11 is 0. The first kappa shape index (κ1) is 21.5. The molecule has 9 nitrogen and oxygen atoms in total. The third kappa shape index (κ3) is 6.73. The molecular weight excluding hydrogens is 342 g/mol. The number of carbonyl (C=O) groups is 3. The minimum Gasteiger partial charge on any atom is -0.480 e. The Labute approximate surface area is 152 Å². The van der Waals surface area contributed by atoms with Crippen LogP contribution in [0, 0.1) is 0 Å². The number of amides is 1. The Morgan fingerprint density at radius 2 is 1.69 bits per heavy atom. The van der Waals surface area contributed by atoms with Crippen molar-refractivity contribution in [3.05, 3.63) is 18.2 Å². The first-order valence-electron chi connectivity index (χ1n) is 8.14. The molecule has 0 saturated carbocycles. The monoisotopic (exact) mass is 369 g/mol. The Balaban J connectivity index is 2.87. The number of ether oxygens (including phenoxy) is 2. The summed E-state index contributed by atoms with van der Waals surface area (Å²) < 4.78 is 11.5. The molecule has 1 heterocycles. The van der Waals surface area contributed by atoms with Gasteiger partial charge in [-0.05, 0) is 41.5 Å². The Bertz CT molecular complexity index is 669. The van der Waals surface area contributed by atoms with E-state index < -0.39 is 35.4 Å². The molecular formula is C17H27N3O6. The second-order valence-electron chi connectivity index (χ2n) is 7.90. The van der Waals surface area contributed by atoms with E-state index in [2.05, 4.69) is 4.98 Å². The summed E-state index contributed by atoms with van der Waals surface area (Å²) in [5.74, 6) is -1.20. The Morgan fingerprint density at radius 1 is 1.15 bits per heavy atom. The number of hydrogen-bond donors (Lipinski definition) is 1. The van der Waals surface area contributed by atoms with E-state index in [9.17, 15) is 19.5 Å². The van der Waals surface area contributed by atoms with Crippen molar-refractivity contribution in [3.8, 4) is 0 Å². The zero-order valence-corrected chi connectivity index (χ0v) is 16.3. The normalized spacial score (nSPS) is 13.0. The van der Waals surface area contributed by atoms with Gasteiger partial charge in [-0.25, -0.2) is 23.9 Å². The number of imidazole rings is 1. The zero-order valence-electron chi connectivity index (χ0n) is 16.3. The average Bonchev–Trinajstić information content (AvgIpc) is 2.88. The van der Waals surface area contributed by atoms with Crippen LogP contribution in [-0.4, -0.2) is 62.0 Å². The lowest BCUT2D eigenvalue weighted by molar-refractivity contribution is -0.142. The van der Waals surface area contributed by atoms with Crippen molar-refractivity contribution in [1.82, 2.24) is 14.5 Å². The second-order valence-corrected chi connectivity index (χ2v) is 7.90. The maximum absolute atomic E-state index is 12.1. The van der Waals surface area contributed by atoms with Crippen molar-refractivity contribution in [2.24, 2.45) is 0 Å². The highest BCUT2D eigenvalue weighted by atomic mass is 16.6. The smallest absolute Gasteiger partial charge is 0.419 e. The molecule has 26 heavy (non-hydrogen) atoms. The summed E-state index contributed by atoms with van der Waals surface area (Å²) in [5.41, 5.74) is -1.08. The number of carboxylic acids is 1. The van der Waals surface area contributed by atoms with E-state index in [1.54, 1.807) is 41.5 Å². The first-order chi connectivity index (χ1) is 11.7. The van der Waals surface area contributed by atoms with Gasteiger partial charge < -0.3 is 14.6 Å². The molecule has 0 aliphatic rings. The molecule has 146 valence electrons. The van der Waals surface area contributed by atoms with Crippen LogP contribution in [-0.2, 0) is 20.7 Å². The van der Waals surface area contributed by atoms with Crippen LogP contribution in [0.15, 0.2) is 12.5 Å². The number of carbonyl (C=O) groups excluding carboxylic acids is 2. The molecule has 0 fully saturated rings. The van der Waals surface area contributed by atoms with Crippen molar-refractivity contribution in [1.29, 1.82) is 0 Å². The van der Waals surface area contributed by atoms with E-state index >= 15 is 0 Å². The summed E-state index contributed by atoms with van der Waals surface area (Å²) in [6, 6.07) is -1.19. The number of carboxylic acid groups (broad SMARTS) is 1. The van der Waals surface area contributed by atoms with Gasteiger partial charge in [0.15, 0.2) is 0 Å². The molecule has 0 radical (unpaired) electrons. The molecule has 1 unspecified atom stereocenters. The SMILES string of the molecule is CN(C(=O)OC(C)(C)C)C(Cc1cn(C(=O)OC(C)(C)C)cn1)C(=O)O. The molecule has 0 saturated heterocycles. The van der Waals surface area contributed by atoms with Crippen LogP contribution in [0.3, 0.4) is 0 Å². The highest BCUT2D eigenvalue weighted by Crippen LogP contribution is 2.14. The van der Waals surface area contributed by atoms with E-state index in [0.29, 0.717) is 5.69 Å². The van der Waals surface area contributed by atoms with Crippen molar-refractivity contribution < 1.29 is 29.0 Å². The minimum absolute atomic E-state index is 0.0825. The van der Waals surface area contributed by atoms with Gasteiger partial charge in [-0.3, -0.25) is 4.90 Å². The predicted octanol–water partition coefficient (Wildman–Crippen LogP) is 2.53. The van der Waals surface area contributed by atoms with Gasteiger partial charge in [0, 0.05) is 19.7 Å². The summed E-state index contributed by atoms with van der Waals surface area (Å²) in [6.45, 7) is 10.3. The largest absolute Gasteiger partial charge is 0.480 e. The number of aromatic nitrogens is 2. The van der Waals surface area contributed by atoms with Gasteiger partial charge in [-0.15, -0.1) is 0 Å².